The Hall–Kier alpha value is -2.88. The summed E-state index contributed by atoms with van der Waals surface area (Å²) in [7, 11) is 0. The van der Waals surface area contributed by atoms with Crippen LogP contribution >= 0.6 is 0 Å². The number of carbonyl (C=O) groups is 2. The van der Waals surface area contributed by atoms with Crippen LogP contribution in [0.4, 0.5) is 0 Å². The van der Waals surface area contributed by atoms with Crippen LogP contribution in [0.5, 0.6) is 0 Å². The van der Waals surface area contributed by atoms with Crippen LogP contribution in [-0.2, 0) is 9.53 Å². The number of esters is 1. The summed E-state index contributed by atoms with van der Waals surface area (Å²) in [6, 6.07) is 17.3. The molecule has 0 unspecified atom stereocenters. The topological polar surface area (TPSA) is 55.4 Å². The second-order valence-corrected chi connectivity index (χ2v) is 5.44. The van der Waals surface area contributed by atoms with Crippen molar-refractivity contribution in [3.05, 3.63) is 72.3 Å². The van der Waals surface area contributed by atoms with E-state index in [-0.39, 0.29) is 12.5 Å². The Labute approximate surface area is 142 Å². The molecule has 4 nitrogen and oxygen atoms in total. The molecule has 0 heterocycles. The summed E-state index contributed by atoms with van der Waals surface area (Å²) >= 11 is 0. The number of hydrogen-bond donors (Lipinski definition) is 1. The molecule has 1 amide bonds. The van der Waals surface area contributed by atoms with Gasteiger partial charge in [-0.1, -0.05) is 55.1 Å². The van der Waals surface area contributed by atoms with Crippen LogP contribution in [0.25, 0.3) is 11.1 Å². The molecule has 24 heavy (non-hydrogen) atoms. The molecule has 1 N–H and O–H groups in total. The average Bonchev–Trinajstić information content (AvgIpc) is 2.61. The highest BCUT2D eigenvalue weighted by atomic mass is 16.5. The van der Waals surface area contributed by atoms with Crippen molar-refractivity contribution in [3.8, 4) is 11.1 Å². The third-order valence-corrected chi connectivity index (χ3v) is 3.44. The molecule has 0 aliphatic heterocycles. The highest BCUT2D eigenvalue weighted by molar-refractivity contribution is 6.00. The molecule has 0 bridgehead atoms. The predicted octanol–water partition coefficient (Wildman–Crippen LogP) is 3.59. The number of nitrogens with one attached hydrogen (secondary N) is 1. The van der Waals surface area contributed by atoms with Gasteiger partial charge in [0, 0.05) is 17.7 Å². The molecule has 4 heteroatoms. The first-order valence-corrected chi connectivity index (χ1v) is 7.85. The number of carbonyl (C=O) groups excluding carboxylic acids is 2. The number of hydrogen-bond acceptors (Lipinski definition) is 3. The van der Waals surface area contributed by atoms with Gasteiger partial charge in [0.15, 0.2) is 0 Å². The van der Waals surface area contributed by atoms with E-state index in [1.165, 1.54) is 0 Å². The Balaban J connectivity index is 1.92. The Kier molecular flexibility index (Phi) is 6.32. The fraction of sp³-hybridized carbons (Fsp3) is 0.200. The summed E-state index contributed by atoms with van der Waals surface area (Å²) in [5.74, 6) is -0.545. The predicted molar refractivity (Wildman–Crippen MR) is 94.6 cm³/mol. The quantitative estimate of drug-likeness (QED) is 0.481. The lowest BCUT2D eigenvalue weighted by Gasteiger charge is -2.10. The molecule has 0 radical (unpaired) electrons. The van der Waals surface area contributed by atoms with Gasteiger partial charge in [-0.05, 0) is 30.5 Å². The Morgan fingerprint density at radius 1 is 1.04 bits per heavy atom. The monoisotopic (exact) mass is 323 g/mol. The van der Waals surface area contributed by atoms with Gasteiger partial charge in [-0.25, -0.2) is 4.79 Å². The molecule has 124 valence electrons. The largest absolute Gasteiger partial charge is 0.462 e. The molecule has 0 aliphatic rings. The van der Waals surface area contributed by atoms with Crippen molar-refractivity contribution >= 4 is 11.9 Å². The van der Waals surface area contributed by atoms with Crippen molar-refractivity contribution in [1.82, 2.24) is 5.32 Å². The van der Waals surface area contributed by atoms with Gasteiger partial charge in [-0.2, -0.15) is 0 Å². The summed E-state index contributed by atoms with van der Waals surface area (Å²) in [6.07, 6.45) is 0.554. The molecule has 0 spiro atoms. The van der Waals surface area contributed by atoms with Gasteiger partial charge in [0.25, 0.3) is 5.91 Å². The van der Waals surface area contributed by atoms with Gasteiger partial charge in [0.1, 0.15) is 0 Å². The van der Waals surface area contributed by atoms with Crippen molar-refractivity contribution in [2.24, 2.45) is 0 Å². The van der Waals surface area contributed by atoms with Crippen molar-refractivity contribution < 1.29 is 14.3 Å². The van der Waals surface area contributed by atoms with Crippen LogP contribution < -0.4 is 5.32 Å². The minimum Gasteiger partial charge on any atom is -0.462 e. The van der Waals surface area contributed by atoms with Crippen LogP contribution in [0.1, 0.15) is 23.7 Å². The van der Waals surface area contributed by atoms with Crippen LogP contribution in [0.3, 0.4) is 0 Å². The van der Waals surface area contributed by atoms with E-state index in [0.29, 0.717) is 24.1 Å². The zero-order valence-corrected chi connectivity index (χ0v) is 13.7. The first-order valence-electron chi connectivity index (χ1n) is 7.85. The molecular weight excluding hydrogens is 302 g/mol. The SMILES string of the molecule is C=C(C)C(=O)OCCCNC(=O)c1ccccc1-c1ccccc1. The number of rotatable bonds is 7. The molecule has 2 aromatic rings. The lowest BCUT2D eigenvalue weighted by molar-refractivity contribution is -0.138. The summed E-state index contributed by atoms with van der Waals surface area (Å²) in [5.41, 5.74) is 2.89. The van der Waals surface area contributed by atoms with Crippen LogP contribution in [0, 0.1) is 0 Å². The van der Waals surface area contributed by atoms with Crippen molar-refractivity contribution in [1.29, 1.82) is 0 Å². The zero-order valence-electron chi connectivity index (χ0n) is 13.7. The third-order valence-electron chi connectivity index (χ3n) is 3.44. The van der Waals surface area contributed by atoms with Gasteiger partial charge in [0.05, 0.1) is 6.61 Å². The normalized spacial score (nSPS) is 10.0. The van der Waals surface area contributed by atoms with Crippen LogP contribution in [0.2, 0.25) is 0 Å². The smallest absolute Gasteiger partial charge is 0.333 e. The van der Waals surface area contributed by atoms with E-state index in [1.807, 2.05) is 48.5 Å². The maximum Gasteiger partial charge on any atom is 0.333 e. The summed E-state index contributed by atoms with van der Waals surface area (Å²) in [6.45, 7) is 5.81. The van der Waals surface area contributed by atoms with Crippen molar-refractivity contribution in [2.75, 3.05) is 13.2 Å². The minimum atomic E-state index is -0.407. The lowest BCUT2D eigenvalue weighted by atomic mass is 9.99. The molecule has 0 aromatic heterocycles. The molecule has 0 atom stereocenters. The Morgan fingerprint density at radius 3 is 2.42 bits per heavy atom. The van der Waals surface area contributed by atoms with E-state index in [9.17, 15) is 9.59 Å². The molecule has 0 saturated heterocycles. The Morgan fingerprint density at radius 2 is 1.71 bits per heavy atom. The maximum atomic E-state index is 12.4. The van der Waals surface area contributed by atoms with E-state index >= 15 is 0 Å². The van der Waals surface area contributed by atoms with Gasteiger partial charge >= 0.3 is 5.97 Å². The van der Waals surface area contributed by atoms with Gasteiger partial charge < -0.3 is 10.1 Å². The Bertz CT molecular complexity index is 723. The second-order valence-electron chi connectivity index (χ2n) is 5.44. The number of amides is 1. The van der Waals surface area contributed by atoms with E-state index in [4.69, 9.17) is 4.74 Å². The second kappa shape index (κ2) is 8.67. The van der Waals surface area contributed by atoms with E-state index in [1.54, 1.807) is 13.0 Å². The molecular formula is C20H21NO3. The van der Waals surface area contributed by atoms with Crippen LogP contribution in [-0.4, -0.2) is 25.0 Å². The van der Waals surface area contributed by atoms with Gasteiger partial charge in [-0.15, -0.1) is 0 Å². The van der Waals surface area contributed by atoms with Crippen LogP contribution in [0.15, 0.2) is 66.7 Å². The third kappa shape index (κ3) is 4.81. The summed E-state index contributed by atoms with van der Waals surface area (Å²) in [4.78, 5) is 23.7. The highest BCUT2D eigenvalue weighted by Gasteiger charge is 2.11. The number of ether oxygens (including phenoxy) is 1. The number of benzene rings is 2. The summed E-state index contributed by atoms with van der Waals surface area (Å²) < 4.78 is 4.99. The molecule has 2 rings (SSSR count). The fourth-order valence-corrected chi connectivity index (χ4v) is 2.21. The maximum absolute atomic E-state index is 12.4. The average molecular weight is 323 g/mol. The first kappa shape index (κ1) is 17.5. The van der Waals surface area contributed by atoms with E-state index < -0.39 is 5.97 Å². The molecule has 2 aromatic carbocycles. The minimum absolute atomic E-state index is 0.138. The lowest BCUT2D eigenvalue weighted by Crippen LogP contribution is -2.26. The highest BCUT2D eigenvalue weighted by Crippen LogP contribution is 2.23. The van der Waals surface area contributed by atoms with Gasteiger partial charge in [0.2, 0.25) is 0 Å². The van der Waals surface area contributed by atoms with Gasteiger partial charge in [-0.3, -0.25) is 4.79 Å². The molecule has 0 saturated carbocycles. The van der Waals surface area contributed by atoms with E-state index in [0.717, 1.165) is 11.1 Å². The van der Waals surface area contributed by atoms with E-state index in [2.05, 4.69) is 11.9 Å². The molecule has 0 fully saturated rings. The fourth-order valence-electron chi connectivity index (χ4n) is 2.21. The first-order chi connectivity index (χ1) is 11.6. The van der Waals surface area contributed by atoms with Crippen molar-refractivity contribution in [3.63, 3.8) is 0 Å². The standard InChI is InChI=1S/C20H21NO3/c1-15(2)20(23)24-14-8-13-21-19(22)18-12-7-6-11-17(18)16-9-4-3-5-10-16/h3-7,9-12H,1,8,13-14H2,2H3,(H,21,22). The summed E-state index contributed by atoms with van der Waals surface area (Å²) in [5, 5.41) is 2.86. The zero-order chi connectivity index (χ0) is 17.4. The van der Waals surface area contributed by atoms with Crippen molar-refractivity contribution in [2.45, 2.75) is 13.3 Å². The molecule has 0 aliphatic carbocycles.